The molecular formula is C12H20N3+. The van der Waals surface area contributed by atoms with Crippen molar-refractivity contribution in [2.75, 3.05) is 0 Å². The molecule has 1 aliphatic heterocycles. The first kappa shape index (κ1) is 10.4. The molecule has 0 aliphatic carbocycles. The molecule has 0 fully saturated rings. The number of aromatic nitrogens is 2. The summed E-state index contributed by atoms with van der Waals surface area (Å²) in [5.41, 5.74) is 2.57. The molecule has 2 heterocycles. The summed E-state index contributed by atoms with van der Waals surface area (Å²) in [5.74, 6) is 1.71. The molecule has 3 nitrogen and oxygen atoms in total. The summed E-state index contributed by atoms with van der Waals surface area (Å²) in [6.45, 7) is 11.9. The van der Waals surface area contributed by atoms with E-state index in [-0.39, 0.29) is 0 Å². The zero-order valence-corrected chi connectivity index (χ0v) is 10.3. The fraction of sp³-hybridized carbons (Fsp3) is 0.667. The van der Waals surface area contributed by atoms with Gasteiger partial charge in [-0.2, -0.15) is 0 Å². The molecule has 15 heavy (non-hydrogen) atoms. The smallest absolute Gasteiger partial charge is 0.201 e. The number of rotatable bonds is 2. The maximum Gasteiger partial charge on any atom is 0.201 e. The number of fused-ring (bicyclic) bond motifs is 1. The van der Waals surface area contributed by atoms with E-state index in [1.165, 1.54) is 11.3 Å². The van der Waals surface area contributed by atoms with Crippen molar-refractivity contribution in [2.24, 2.45) is 4.99 Å². The molecule has 0 unspecified atom stereocenters. The molecule has 1 aromatic rings. The van der Waals surface area contributed by atoms with E-state index in [0.29, 0.717) is 12.0 Å². The molecule has 0 N–H and O–H groups in total. The van der Waals surface area contributed by atoms with Gasteiger partial charge in [-0.3, -0.25) is 0 Å². The van der Waals surface area contributed by atoms with Crippen molar-refractivity contribution in [3.63, 3.8) is 0 Å². The summed E-state index contributed by atoms with van der Waals surface area (Å²) in [5, 5.41) is 0. The Bertz CT molecular complexity index is 411. The molecule has 1 aliphatic rings. The van der Waals surface area contributed by atoms with Gasteiger partial charge in [0.25, 0.3) is 0 Å². The first-order valence-corrected chi connectivity index (χ1v) is 5.69. The van der Waals surface area contributed by atoms with Gasteiger partial charge in [-0.15, -0.1) is 9.36 Å². The zero-order valence-electron chi connectivity index (χ0n) is 10.3. The van der Waals surface area contributed by atoms with E-state index < -0.39 is 0 Å². The number of hydrogen-bond acceptors (Lipinski definition) is 1. The van der Waals surface area contributed by atoms with Crippen LogP contribution >= 0.6 is 0 Å². The lowest BCUT2D eigenvalue weighted by Crippen LogP contribution is -2.44. The van der Waals surface area contributed by atoms with Crippen LogP contribution in [0.5, 0.6) is 0 Å². The third-order valence-electron chi connectivity index (χ3n) is 2.88. The Balaban J connectivity index is 2.55. The Morgan fingerprint density at radius 3 is 2.53 bits per heavy atom. The summed E-state index contributed by atoms with van der Waals surface area (Å²) >= 11 is 0. The second-order valence-electron chi connectivity index (χ2n) is 4.94. The van der Waals surface area contributed by atoms with Crippen LogP contribution in [0.1, 0.15) is 52.1 Å². The third kappa shape index (κ3) is 1.60. The van der Waals surface area contributed by atoms with Crippen LogP contribution in [0.2, 0.25) is 0 Å². The highest BCUT2D eigenvalue weighted by molar-refractivity contribution is 5.87. The largest absolute Gasteiger partial charge is 0.233 e. The van der Waals surface area contributed by atoms with Crippen LogP contribution in [-0.2, 0) is 6.54 Å². The van der Waals surface area contributed by atoms with Gasteiger partial charge < -0.3 is 0 Å². The van der Waals surface area contributed by atoms with Gasteiger partial charge in [-0.25, -0.2) is 4.99 Å². The molecular weight excluding hydrogens is 186 g/mol. The number of aliphatic imine (C=N–C) groups is 1. The monoisotopic (exact) mass is 206 g/mol. The predicted molar refractivity (Wildman–Crippen MR) is 61.9 cm³/mol. The van der Waals surface area contributed by atoms with Gasteiger partial charge in [-0.05, 0) is 26.7 Å². The fourth-order valence-electron chi connectivity index (χ4n) is 2.08. The molecule has 1 aromatic heterocycles. The van der Waals surface area contributed by atoms with Gasteiger partial charge in [0, 0.05) is 5.71 Å². The lowest BCUT2D eigenvalue weighted by Gasteiger charge is -2.00. The topological polar surface area (TPSA) is 21.2 Å². The number of hydrogen-bond donors (Lipinski definition) is 0. The first-order valence-electron chi connectivity index (χ1n) is 5.69. The first-order chi connectivity index (χ1) is 7.00. The normalized spacial score (nSPS) is 15.0. The average Bonchev–Trinajstić information content (AvgIpc) is 2.59. The highest BCUT2D eigenvalue weighted by Crippen LogP contribution is 2.29. The van der Waals surface area contributed by atoms with Gasteiger partial charge in [0.15, 0.2) is 11.9 Å². The van der Waals surface area contributed by atoms with Crippen LogP contribution in [0.3, 0.4) is 0 Å². The quantitative estimate of drug-likeness (QED) is 0.663. The zero-order chi connectivity index (χ0) is 11.2. The fourth-order valence-corrected chi connectivity index (χ4v) is 2.08. The van der Waals surface area contributed by atoms with Gasteiger partial charge in [0.05, 0.1) is 5.56 Å². The van der Waals surface area contributed by atoms with Crippen molar-refractivity contribution < 1.29 is 4.68 Å². The standard InChI is InChI=1S/C12H20N3/c1-8(2)11-7-14(9(3)4)15-6-10(5)13-12(11)15/h7-9H,6H2,1-5H3/q+1. The molecule has 0 saturated heterocycles. The van der Waals surface area contributed by atoms with Gasteiger partial charge in [0.2, 0.25) is 6.20 Å². The summed E-state index contributed by atoms with van der Waals surface area (Å²) in [4.78, 5) is 4.64. The van der Waals surface area contributed by atoms with Crippen LogP contribution < -0.4 is 4.68 Å². The minimum atomic E-state index is 0.498. The minimum Gasteiger partial charge on any atom is -0.233 e. The van der Waals surface area contributed by atoms with E-state index in [1.54, 1.807) is 0 Å². The molecule has 0 spiro atoms. The highest BCUT2D eigenvalue weighted by Gasteiger charge is 2.28. The maximum atomic E-state index is 4.64. The van der Waals surface area contributed by atoms with Gasteiger partial charge >= 0.3 is 0 Å². The van der Waals surface area contributed by atoms with Crippen molar-refractivity contribution in [3.05, 3.63) is 11.8 Å². The van der Waals surface area contributed by atoms with Crippen LogP contribution in [0.25, 0.3) is 0 Å². The lowest BCUT2D eigenvalue weighted by molar-refractivity contribution is -0.789. The SMILES string of the molecule is CC1=Nc2c(C(C)C)c[n+](C(C)C)n2C1. The summed E-state index contributed by atoms with van der Waals surface area (Å²) in [7, 11) is 0. The maximum absolute atomic E-state index is 4.64. The molecule has 0 bridgehead atoms. The van der Waals surface area contributed by atoms with E-state index in [9.17, 15) is 0 Å². The Kier molecular flexibility index (Phi) is 2.41. The predicted octanol–water partition coefficient (Wildman–Crippen LogP) is 2.59. The van der Waals surface area contributed by atoms with Crippen LogP contribution in [0, 0.1) is 0 Å². The van der Waals surface area contributed by atoms with Crippen molar-refractivity contribution in [1.82, 2.24) is 4.68 Å². The molecule has 0 amide bonds. The van der Waals surface area contributed by atoms with Crippen molar-refractivity contribution in [1.29, 1.82) is 0 Å². The third-order valence-corrected chi connectivity index (χ3v) is 2.88. The molecule has 0 aromatic carbocycles. The molecule has 0 radical (unpaired) electrons. The van der Waals surface area contributed by atoms with Crippen molar-refractivity contribution >= 4 is 11.5 Å². The van der Waals surface area contributed by atoms with E-state index in [2.05, 4.69) is 55.2 Å². The molecule has 0 saturated carbocycles. The second kappa shape index (κ2) is 3.47. The highest BCUT2D eigenvalue weighted by atomic mass is 15.4. The molecule has 3 heteroatoms. The van der Waals surface area contributed by atoms with Crippen LogP contribution in [0.15, 0.2) is 11.2 Å². The van der Waals surface area contributed by atoms with E-state index in [1.807, 2.05) is 0 Å². The Hall–Kier alpha value is -1.12. The van der Waals surface area contributed by atoms with E-state index >= 15 is 0 Å². The Morgan fingerprint density at radius 1 is 1.33 bits per heavy atom. The van der Waals surface area contributed by atoms with E-state index in [0.717, 1.165) is 12.4 Å². The average molecular weight is 206 g/mol. The van der Waals surface area contributed by atoms with Crippen LogP contribution in [-0.4, -0.2) is 10.4 Å². The van der Waals surface area contributed by atoms with Gasteiger partial charge in [-0.1, -0.05) is 13.8 Å². The van der Waals surface area contributed by atoms with E-state index in [4.69, 9.17) is 0 Å². The van der Waals surface area contributed by atoms with Gasteiger partial charge in [0.1, 0.15) is 6.54 Å². The Morgan fingerprint density at radius 2 is 2.00 bits per heavy atom. The van der Waals surface area contributed by atoms with Crippen LogP contribution in [0.4, 0.5) is 5.82 Å². The van der Waals surface area contributed by atoms with Crippen molar-refractivity contribution in [3.8, 4) is 0 Å². The second-order valence-corrected chi connectivity index (χ2v) is 4.94. The van der Waals surface area contributed by atoms with Crippen molar-refractivity contribution in [2.45, 2.75) is 53.1 Å². The summed E-state index contributed by atoms with van der Waals surface area (Å²) < 4.78 is 4.58. The molecule has 2 rings (SSSR count). The summed E-state index contributed by atoms with van der Waals surface area (Å²) in [6, 6.07) is 0.498. The Labute approximate surface area is 91.4 Å². The summed E-state index contributed by atoms with van der Waals surface area (Å²) in [6.07, 6.45) is 2.25. The number of nitrogens with zero attached hydrogens (tertiary/aromatic N) is 3. The lowest BCUT2D eigenvalue weighted by atomic mass is 10.1. The minimum absolute atomic E-state index is 0.498. The molecule has 82 valence electrons. The molecule has 0 atom stereocenters.